The highest BCUT2D eigenvalue weighted by atomic mass is 79.9. The minimum absolute atomic E-state index is 0.152. The van der Waals surface area contributed by atoms with Crippen LogP contribution in [-0.2, 0) is 11.3 Å². The first kappa shape index (κ1) is 18.6. The molecule has 2 N–H and O–H groups in total. The summed E-state index contributed by atoms with van der Waals surface area (Å²) in [6.45, 7) is 0.503. The van der Waals surface area contributed by atoms with Crippen molar-refractivity contribution < 1.29 is 9.59 Å². The topological polar surface area (TPSA) is 58.2 Å². The van der Waals surface area contributed by atoms with Gasteiger partial charge in [0, 0.05) is 28.2 Å². The minimum Gasteiger partial charge on any atom is -0.352 e. The van der Waals surface area contributed by atoms with E-state index in [9.17, 15) is 9.59 Å². The Labute approximate surface area is 162 Å². The molecule has 0 atom stereocenters. The molecule has 2 aromatic rings. The second kappa shape index (κ2) is 8.99. The van der Waals surface area contributed by atoms with Gasteiger partial charge in [0.1, 0.15) is 0 Å². The summed E-state index contributed by atoms with van der Waals surface area (Å²) in [7, 11) is 0. The van der Waals surface area contributed by atoms with E-state index in [2.05, 4.69) is 26.6 Å². The summed E-state index contributed by atoms with van der Waals surface area (Å²) in [6.07, 6.45) is 5.55. The summed E-state index contributed by atoms with van der Waals surface area (Å²) in [6, 6.07) is 14.8. The van der Waals surface area contributed by atoms with Crippen LogP contribution in [0.15, 0.2) is 53.0 Å². The van der Waals surface area contributed by atoms with Crippen LogP contribution in [0.2, 0.25) is 0 Å². The number of nitrogens with one attached hydrogen (secondary N) is 2. The molecule has 136 valence electrons. The number of benzene rings is 2. The van der Waals surface area contributed by atoms with Gasteiger partial charge in [0.2, 0.25) is 5.91 Å². The number of anilines is 1. The Morgan fingerprint density at radius 2 is 1.73 bits per heavy atom. The molecule has 0 aromatic heterocycles. The molecule has 0 unspecified atom stereocenters. The summed E-state index contributed by atoms with van der Waals surface area (Å²) in [4.78, 5) is 24.5. The molecule has 2 amide bonds. The Bertz CT molecular complexity index is 768. The number of rotatable bonds is 5. The first-order valence-corrected chi connectivity index (χ1v) is 9.85. The van der Waals surface area contributed by atoms with Crippen molar-refractivity contribution in [1.82, 2.24) is 5.32 Å². The first-order chi connectivity index (χ1) is 12.6. The predicted molar refractivity (Wildman–Crippen MR) is 107 cm³/mol. The maximum atomic E-state index is 12.3. The van der Waals surface area contributed by atoms with Gasteiger partial charge >= 0.3 is 0 Å². The van der Waals surface area contributed by atoms with Gasteiger partial charge < -0.3 is 10.6 Å². The summed E-state index contributed by atoms with van der Waals surface area (Å²) in [5, 5.41) is 5.89. The highest BCUT2D eigenvalue weighted by molar-refractivity contribution is 9.10. The van der Waals surface area contributed by atoms with E-state index in [0.29, 0.717) is 12.1 Å². The van der Waals surface area contributed by atoms with Crippen molar-refractivity contribution in [3.63, 3.8) is 0 Å². The van der Waals surface area contributed by atoms with E-state index in [1.165, 1.54) is 6.42 Å². The van der Waals surface area contributed by atoms with Gasteiger partial charge in [-0.25, -0.2) is 0 Å². The zero-order chi connectivity index (χ0) is 18.4. The lowest BCUT2D eigenvalue weighted by molar-refractivity contribution is -0.126. The van der Waals surface area contributed by atoms with Crippen molar-refractivity contribution in [3.8, 4) is 0 Å². The Balaban J connectivity index is 1.52. The average molecular weight is 415 g/mol. The summed E-state index contributed by atoms with van der Waals surface area (Å²) in [5.74, 6) is 0.168. The van der Waals surface area contributed by atoms with Gasteiger partial charge in [0.15, 0.2) is 0 Å². The molecule has 1 aliphatic rings. The molecule has 0 bridgehead atoms. The number of hydrogen-bond donors (Lipinski definition) is 2. The van der Waals surface area contributed by atoms with Crippen molar-refractivity contribution in [3.05, 3.63) is 64.1 Å². The molecule has 0 heterocycles. The van der Waals surface area contributed by atoms with Crippen molar-refractivity contribution in [2.45, 2.75) is 38.6 Å². The third-order valence-corrected chi connectivity index (χ3v) is 5.23. The van der Waals surface area contributed by atoms with Gasteiger partial charge in [-0.15, -0.1) is 0 Å². The van der Waals surface area contributed by atoms with Crippen molar-refractivity contribution in [1.29, 1.82) is 0 Å². The monoisotopic (exact) mass is 414 g/mol. The maximum absolute atomic E-state index is 12.3. The molecule has 0 aliphatic heterocycles. The molecule has 0 radical (unpaired) electrons. The second-order valence-electron chi connectivity index (χ2n) is 6.71. The lowest BCUT2D eigenvalue weighted by Crippen LogP contribution is -2.31. The fourth-order valence-electron chi connectivity index (χ4n) is 3.24. The van der Waals surface area contributed by atoms with Crippen LogP contribution in [0.25, 0.3) is 0 Å². The Hall–Kier alpha value is -2.14. The number of amides is 2. The molecule has 1 saturated carbocycles. The SMILES string of the molecule is O=C(Nc1cccc(Br)c1)c1ccc(CNC(=O)C2CCCCC2)cc1. The third kappa shape index (κ3) is 5.18. The standard InChI is InChI=1S/C21H23BrN2O2/c22-18-7-4-8-19(13-18)24-21(26)17-11-9-15(10-12-17)14-23-20(25)16-5-2-1-3-6-16/h4,7-13,16H,1-3,5-6,14H2,(H,23,25)(H,24,26). The van der Waals surface area contributed by atoms with Crippen LogP contribution in [0, 0.1) is 5.92 Å². The van der Waals surface area contributed by atoms with Gasteiger partial charge in [-0.3, -0.25) is 9.59 Å². The molecule has 4 nitrogen and oxygen atoms in total. The van der Waals surface area contributed by atoms with Gasteiger partial charge in [-0.2, -0.15) is 0 Å². The molecular weight excluding hydrogens is 392 g/mol. The van der Waals surface area contributed by atoms with Crippen LogP contribution in [0.4, 0.5) is 5.69 Å². The Kier molecular flexibility index (Phi) is 6.45. The van der Waals surface area contributed by atoms with Crippen LogP contribution >= 0.6 is 15.9 Å². The normalized spacial score (nSPS) is 14.7. The van der Waals surface area contributed by atoms with Crippen LogP contribution < -0.4 is 10.6 Å². The molecule has 0 saturated heterocycles. The molecule has 1 aliphatic carbocycles. The smallest absolute Gasteiger partial charge is 0.255 e. The molecule has 3 rings (SSSR count). The lowest BCUT2D eigenvalue weighted by Gasteiger charge is -2.20. The average Bonchev–Trinajstić information content (AvgIpc) is 2.67. The van der Waals surface area contributed by atoms with Gasteiger partial charge in [-0.1, -0.05) is 53.4 Å². The lowest BCUT2D eigenvalue weighted by atomic mass is 9.88. The molecule has 0 spiro atoms. The third-order valence-electron chi connectivity index (χ3n) is 4.74. The van der Waals surface area contributed by atoms with Crippen molar-refractivity contribution >= 4 is 33.4 Å². The highest BCUT2D eigenvalue weighted by Gasteiger charge is 2.20. The summed E-state index contributed by atoms with van der Waals surface area (Å²) in [5.41, 5.74) is 2.33. The van der Waals surface area contributed by atoms with Crippen molar-refractivity contribution in [2.75, 3.05) is 5.32 Å². The number of carbonyl (C=O) groups is 2. The van der Waals surface area contributed by atoms with E-state index in [4.69, 9.17) is 0 Å². The van der Waals surface area contributed by atoms with E-state index >= 15 is 0 Å². The van der Waals surface area contributed by atoms with Crippen molar-refractivity contribution in [2.24, 2.45) is 5.92 Å². The van der Waals surface area contributed by atoms with Gasteiger partial charge in [0.05, 0.1) is 0 Å². The van der Waals surface area contributed by atoms with Gasteiger partial charge in [-0.05, 0) is 48.7 Å². The van der Waals surface area contributed by atoms with E-state index in [-0.39, 0.29) is 17.7 Å². The number of halogens is 1. The molecular formula is C21H23BrN2O2. The summed E-state index contributed by atoms with van der Waals surface area (Å²) < 4.78 is 0.916. The number of hydrogen-bond acceptors (Lipinski definition) is 2. The van der Waals surface area contributed by atoms with Crippen LogP contribution in [-0.4, -0.2) is 11.8 Å². The largest absolute Gasteiger partial charge is 0.352 e. The zero-order valence-electron chi connectivity index (χ0n) is 14.6. The van der Waals surface area contributed by atoms with E-state index in [1.807, 2.05) is 36.4 Å². The van der Waals surface area contributed by atoms with Crippen LogP contribution in [0.3, 0.4) is 0 Å². The minimum atomic E-state index is -0.152. The predicted octanol–water partition coefficient (Wildman–Crippen LogP) is 4.90. The Morgan fingerprint density at radius 3 is 2.42 bits per heavy atom. The van der Waals surface area contributed by atoms with Crippen LogP contribution in [0.5, 0.6) is 0 Å². The molecule has 1 fully saturated rings. The zero-order valence-corrected chi connectivity index (χ0v) is 16.2. The fraction of sp³-hybridized carbons (Fsp3) is 0.333. The van der Waals surface area contributed by atoms with E-state index in [0.717, 1.165) is 41.4 Å². The second-order valence-corrected chi connectivity index (χ2v) is 7.63. The van der Waals surface area contributed by atoms with Gasteiger partial charge in [0.25, 0.3) is 5.91 Å². The molecule has 26 heavy (non-hydrogen) atoms. The van der Waals surface area contributed by atoms with Crippen LogP contribution in [0.1, 0.15) is 48.0 Å². The maximum Gasteiger partial charge on any atom is 0.255 e. The highest BCUT2D eigenvalue weighted by Crippen LogP contribution is 2.23. The Morgan fingerprint density at radius 1 is 1.00 bits per heavy atom. The van der Waals surface area contributed by atoms with E-state index in [1.54, 1.807) is 12.1 Å². The molecule has 5 heteroatoms. The molecule has 2 aromatic carbocycles. The fourth-order valence-corrected chi connectivity index (χ4v) is 3.64. The first-order valence-electron chi connectivity index (χ1n) is 9.05. The quantitative estimate of drug-likeness (QED) is 0.730. The van der Waals surface area contributed by atoms with E-state index < -0.39 is 0 Å². The summed E-state index contributed by atoms with van der Waals surface area (Å²) >= 11 is 3.39. The number of carbonyl (C=O) groups excluding carboxylic acids is 2.